The zero-order valence-corrected chi connectivity index (χ0v) is 12.9. The third-order valence-electron chi connectivity index (χ3n) is 2.35. The number of ether oxygens (including phenoxy) is 3. The summed E-state index contributed by atoms with van der Waals surface area (Å²) in [6.45, 7) is 5.23. The second-order valence-corrected chi connectivity index (χ2v) is 3.92. The first-order valence-corrected chi connectivity index (χ1v) is 6.84. The number of esters is 1. The predicted octanol–water partition coefficient (Wildman–Crippen LogP) is 1.64. The maximum atomic E-state index is 11.4. The van der Waals surface area contributed by atoms with E-state index in [1.165, 1.54) is 0 Å². The highest BCUT2D eigenvalue weighted by atomic mass is 16.6. The minimum atomic E-state index is -1.03. The Balaban J connectivity index is 3.44. The molecule has 0 aliphatic heterocycles. The molecule has 10 heteroatoms. The Kier molecular flexibility index (Phi) is 6.71. The van der Waals surface area contributed by atoms with Crippen molar-refractivity contribution in [3.05, 3.63) is 21.6 Å². The average Bonchev–Trinajstić information content (AvgIpc) is 2.47. The Bertz CT molecular complexity index is 616. The molecule has 1 aromatic heterocycles. The smallest absolute Gasteiger partial charge is 0.373 e. The van der Waals surface area contributed by atoms with E-state index in [1.807, 2.05) is 0 Å². The van der Waals surface area contributed by atoms with Crippen molar-refractivity contribution in [3.63, 3.8) is 0 Å². The zero-order chi connectivity index (χ0) is 17.4. The van der Waals surface area contributed by atoms with Crippen LogP contribution in [0.1, 0.15) is 26.5 Å². The Morgan fingerprint density at radius 2 is 1.87 bits per heavy atom. The van der Waals surface area contributed by atoms with Gasteiger partial charge in [-0.3, -0.25) is 10.1 Å². The number of nitro groups is 1. The summed E-state index contributed by atoms with van der Waals surface area (Å²) in [4.78, 5) is 29.5. The van der Waals surface area contributed by atoms with Crippen LogP contribution >= 0.6 is 0 Å². The third-order valence-corrected chi connectivity index (χ3v) is 2.35. The van der Waals surface area contributed by atoms with Crippen molar-refractivity contribution < 1.29 is 29.0 Å². The molecule has 1 rings (SSSR count). The Morgan fingerprint density at radius 1 is 1.22 bits per heavy atom. The van der Waals surface area contributed by atoms with Crippen molar-refractivity contribution in [2.45, 2.75) is 20.8 Å². The molecule has 0 unspecified atom stereocenters. The van der Waals surface area contributed by atoms with E-state index < -0.39 is 22.3 Å². The molecular weight excluding hydrogens is 310 g/mol. The number of carbonyl (C=O) groups is 1. The molecule has 126 valence electrons. The molecule has 1 N–H and O–H groups in total. The molecular formula is C13H17N3O7. The maximum Gasteiger partial charge on any atom is 0.373 e. The normalized spacial score (nSPS) is 11.0. The third kappa shape index (κ3) is 4.80. The van der Waals surface area contributed by atoms with Crippen molar-refractivity contribution >= 4 is 17.7 Å². The van der Waals surface area contributed by atoms with Gasteiger partial charge in [0.15, 0.2) is 5.69 Å². The van der Waals surface area contributed by atoms with Gasteiger partial charge in [0.1, 0.15) is 0 Å². The van der Waals surface area contributed by atoms with Gasteiger partial charge >= 0.3 is 23.5 Å². The number of nitrogens with zero attached hydrogens (tertiary/aromatic N) is 3. The SMILES string of the molecule is CCOC(=O)/C(O)=C/c1nc(OCC)nc(OCC)c1[N+](=O)[O-]. The molecule has 0 aromatic carbocycles. The van der Waals surface area contributed by atoms with Crippen molar-refractivity contribution in [1.82, 2.24) is 9.97 Å². The number of carbonyl (C=O) groups excluding carboxylic acids is 1. The topological polar surface area (TPSA) is 134 Å². The van der Waals surface area contributed by atoms with E-state index in [4.69, 9.17) is 9.47 Å². The molecule has 0 spiro atoms. The van der Waals surface area contributed by atoms with Gasteiger partial charge in [-0.05, 0) is 20.8 Å². The monoisotopic (exact) mass is 327 g/mol. The molecule has 0 radical (unpaired) electrons. The summed E-state index contributed by atoms with van der Waals surface area (Å²) in [6.07, 6.45) is 0.808. The number of hydrogen-bond acceptors (Lipinski definition) is 9. The molecule has 1 aromatic rings. The van der Waals surface area contributed by atoms with Crippen LogP contribution in [-0.2, 0) is 9.53 Å². The van der Waals surface area contributed by atoms with Crippen LogP contribution in [0.5, 0.6) is 11.9 Å². The second kappa shape index (κ2) is 8.51. The number of aliphatic hydroxyl groups is 1. The van der Waals surface area contributed by atoms with Crippen LogP contribution in [0, 0.1) is 10.1 Å². The van der Waals surface area contributed by atoms with Crippen LogP contribution in [0.15, 0.2) is 5.76 Å². The maximum absolute atomic E-state index is 11.4. The van der Waals surface area contributed by atoms with E-state index in [0.29, 0.717) is 0 Å². The van der Waals surface area contributed by atoms with E-state index in [1.54, 1.807) is 20.8 Å². The zero-order valence-electron chi connectivity index (χ0n) is 12.9. The molecule has 0 saturated heterocycles. The van der Waals surface area contributed by atoms with Gasteiger partial charge < -0.3 is 19.3 Å². The molecule has 10 nitrogen and oxygen atoms in total. The summed E-state index contributed by atoms with van der Waals surface area (Å²) >= 11 is 0. The van der Waals surface area contributed by atoms with Gasteiger partial charge in [0.2, 0.25) is 5.76 Å². The lowest BCUT2D eigenvalue weighted by Crippen LogP contribution is -2.09. The van der Waals surface area contributed by atoms with E-state index in [0.717, 1.165) is 6.08 Å². The van der Waals surface area contributed by atoms with Crippen molar-refractivity contribution in [2.24, 2.45) is 0 Å². The van der Waals surface area contributed by atoms with Gasteiger partial charge in [-0.2, -0.15) is 9.97 Å². The van der Waals surface area contributed by atoms with Gasteiger partial charge in [-0.25, -0.2) is 4.79 Å². The highest BCUT2D eigenvalue weighted by molar-refractivity contribution is 5.91. The summed E-state index contributed by atoms with van der Waals surface area (Å²) in [5, 5.41) is 20.9. The Labute approximate surface area is 131 Å². The average molecular weight is 327 g/mol. The summed E-state index contributed by atoms with van der Waals surface area (Å²) in [7, 11) is 0. The Morgan fingerprint density at radius 3 is 2.39 bits per heavy atom. The van der Waals surface area contributed by atoms with Crippen molar-refractivity contribution in [3.8, 4) is 11.9 Å². The molecule has 0 atom stereocenters. The predicted molar refractivity (Wildman–Crippen MR) is 78.3 cm³/mol. The van der Waals surface area contributed by atoms with Gasteiger partial charge in [0.05, 0.1) is 24.7 Å². The number of aliphatic hydroxyl groups excluding tert-OH is 1. The molecule has 0 fully saturated rings. The molecule has 0 saturated carbocycles. The molecule has 0 aliphatic rings. The highest BCUT2D eigenvalue weighted by Gasteiger charge is 2.27. The molecule has 23 heavy (non-hydrogen) atoms. The molecule has 0 aliphatic carbocycles. The van der Waals surface area contributed by atoms with Crippen molar-refractivity contribution in [2.75, 3.05) is 19.8 Å². The summed E-state index contributed by atoms with van der Waals surface area (Å²) in [6, 6.07) is -0.176. The van der Waals surface area contributed by atoms with Gasteiger partial charge in [-0.1, -0.05) is 0 Å². The van der Waals surface area contributed by atoms with E-state index in [-0.39, 0.29) is 37.4 Å². The van der Waals surface area contributed by atoms with Gasteiger partial charge in [-0.15, -0.1) is 0 Å². The minimum Gasteiger partial charge on any atom is -0.502 e. The van der Waals surface area contributed by atoms with Gasteiger partial charge in [0.25, 0.3) is 0 Å². The summed E-state index contributed by atoms with van der Waals surface area (Å²) in [5.41, 5.74) is -0.923. The molecule has 0 amide bonds. The molecule has 0 bridgehead atoms. The van der Waals surface area contributed by atoms with Crippen LogP contribution in [0.25, 0.3) is 6.08 Å². The van der Waals surface area contributed by atoms with Crippen LogP contribution in [0.3, 0.4) is 0 Å². The van der Waals surface area contributed by atoms with Crippen LogP contribution in [-0.4, -0.2) is 45.8 Å². The first-order valence-electron chi connectivity index (χ1n) is 6.84. The summed E-state index contributed by atoms with van der Waals surface area (Å²) in [5.74, 6) is -2.19. The van der Waals surface area contributed by atoms with Crippen LogP contribution in [0.4, 0.5) is 5.69 Å². The van der Waals surface area contributed by atoms with E-state index >= 15 is 0 Å². The lowest BCUT2D eigenvalue weighted by molar-refractivity contribution is -0.386. The number of rotatable bonds is 8. The quantitative estimate of drug-likeness (QED) is 0.248. The Hall–Kier alpha value is -2.91. The fraction of sp³-hybridized carbons (Fsp3) is 0.462. The highest BCUT2D eigenvalue weighted by Crippen LogP contribution is 2.31. The fourth-order valence-corrected chi connectivity index (χ4v) is 1.53. The van der Waals surface area contributed by atoms with Gasteiger partial charge in [0, 0.05) is 6.08 Å². The first kappa shape index (κ1) is 18.1. The lowest BCUT2D eigenvalue weighted by atomic mass is 10.3. The van der Waals surface area contributed by atoms with Crippen LogP contribution in [0.2, 0.25) is 0 Å². The lowest BCUT2D eigenvalue weighted by Gasteiger charge is -2.08. The largest absolute Gasteiger partial charge is 0.502 e. The number of aromatic nitrogens is 2. The van der Waals surface area contributed by atoms with E-state index in [2.05, 4.69) is 14.7 Å². The second-order valence-electron chi connectivity index (χ2n) is 3.92. The standard InChI is InChI=1S/C13H17N3O7/c1-4-21-11-10(16(19)20)8(14-13(15-11)23-6-3)7-9(17)12(18)22-5-2/h7,17H,4-6H2,1-3H3/b9-7-. The first-order chi connectivity index (χ1) is 10.9. The van der Waals surface area contributed by atoms with E-state index in [9.17, 15) is 20.0 Å². The fourth-order valence-electron chi connectivity index (χ4n) is 1.53. The molecule has 1 heterocycles. The summed E-state index contributed by atoms with van der Waals surface area (Å²) < 4.78 is 14.8. The van der Waals surface area contributed by atoms with Crippen molar-refractivity contribution in [1.29, 1.82) is 0 Å². The van der Waals surface area contributed by atoms with Crippen LogP contribution < -0.4 is 9.47 Å². The number of hydrogen-bond donors (Lipinski definition) is 1. The minimum absolute atomic E-state index is 0.0387.